The van der Waals surface area contributed by atoms with Crippen LogP contribution in [0.5, 0.6) is 0 Å². The molecule has 1 fully saturated rings. The second-order valence-electron chi connectivity index (χ2n) is 1.92. The molecule has 1 heterocycles. The molecular weight excluding hydrogens is 86.1 g/mol. The highest BCUT2D eigenvalue weighted by atomic mass is 15.3. The first kappa shape index (κ1) is 4.69. The minimum atomic E-state index is 1.27. The van der Waals surface area contributed by atoms with E-state index in [4.69, 9.17) is 0 Å². The molecule has 1 saturated heterocycles. The highest BCUT2D eigenvalue weighted by Crippen LogP contribution is 2.11. The second kappa shape index (κ2) is 1.57. The number of hydrogen-bond acceptors (Lipinski definition) is 1. The van der Waals surface area contributed by atoms with E-state index < -0.39 is 0 Å². The molecule has 0 aromatic rings. The van der Waals surface area contributed by atoms with Crippen molar-refractivity contribution in [1.29, 1.82) is 0 Å². The first-order valence-corrected chi connectivity index (χ1v) is 2.72. The lowest BCUT2D eigenvalue weighted by atomic mass is 10.5. The van der Waals surface area contributed by atoms with Crippen molar-refractivity contribution in [2.24, 2.45) is 0 Å². The summed E-state index contributed by atoms with van der Waals surface area (Å²) in [5.41, 5.74) is 1.42. The molecule has 1 aliphatic rings. The highest BCUT2D eigenvalue weighted by molar-refractivity contribution is 5.01. The molecule has 0 bridgehead atoms. The SMILES string of the molecule is CC=C(C)N1CC1. The number of allylic oxidation sites excluding steroid dienone is 2. The van der Waals surface area contributed by atoms with Crippen LogP contribution in [0.25, 0.3) is 0 Å². The summed E-state index contributed by atoms with van der Waals surface area (Å²) in [4.78, 5) is 2.33. The van der Waals surface area contributed by atoms with Crippen LogP contribution in [0.2, 0.25) is 0 Å². The Morgan fingerprint density at radius 1 is 1.57 bits per heavy atom. The molecule has 1 aliphatic heterocycles. The minimum Gasteiger partial charge on any atom is -0.372 e. The van der Waals surface area contributed by atoms with Gasteiger partial charge in [0.2, 0.25) is 0 Å². The van der Waals surface area contributed by atoms with E-state index in [1.807, 2.05) is 0 Å². The molecule has 0 radical (unpaired) electrons. The molecule has 0 aromatic carbocycles. The molecule has 0 unspecified atom stereocenters. The lowest BCUT2D eigenvalue weighted by molar-refractivity contribution is 0.696. The fourth-order valence-corrected chi connectivity index (χ4v) is 0.585. The van der Waals surface area contributed by atoms with Crippen molar-refractivity contribution in [3.8, 4) is 0 Å². The van der Waals surface area contributed by atoms with Crippen molar-refractivity contribution in [3.63, 3.8) is 0 Å². The normalized spacial score (nSPS) is 20.3. The summed E-state index contributed by atoms with van der Waals surface area (Å²) in [6.07, 6.45) is 2.15. The average molecular weight is 97.2 g/mol. The molecule has 1 heteroatoms. The average Bonchev–Trinajstić information content (AvgIpc) is 2.44. The van der Waals surface area contributed by atoms with Crippen LogP contribution in [0.1, 0.15) is 13.8 Å². The van der Waals surface area contributed by atoms with Crippen LogP contribution in [0, 0.1) is 0 Å². The molecule has 7 heavy (non-hydrogen) atoms. The smallest absolute Gasteiger partial charge is 0.0351 e. The van der Waals surface area contributed by atoms with Gasteiger partial charge in [0.15, 0.2) is 0 Å². The van der Waals surface area contributed by atoms with Gasteiger partial charge in [-0.1, -0.05) is 6.08 Å². The van der Waals surface area contributed by atoms with E-state index in [2.05, 4.69) is 24.8 Å². The maximum Gasteiger partial charge on any atom is 0.0351 e. The Hall–Kier alpha value is -0.460. The zero-order chi connectivity index (χ0) is 5.28. The van der Waals surface area contributed by atoms with E-state index >= 15 is 0 Å². The van der Waals surface area contributed by atoms with Crippen molar-refractivity contribution >= 4 is 0 Å². The fraction of sp³-hybridized carbons (Fsp3) is 0.667. The molecule has 0 aliphatic carbocycles. The van der Waals surface area contributed by atoms with Crippen LogP contribution in [0.3, 0.4) is 0 Å². The summed E-state index contributed by atoms with van der Waals surface area (Å²) in [5.74, 6) is 0. The zero-order valence-electron chi connectivity index (χ0n) is 4.94. The van der Waals surface area contributed by atoms with Gasteiger partial charge in [0.05, 0.1) is 0 Å². The first-order chi connectivity index (χ1) is 3.34. The predicted molar refractivity (Wildman–Crippen MR) is 31.0 cm³/mol. The number of hydrogen-bond donors (Lipinski definition) is 0. The molecule has 0 amide bonds. The molecule has 1 rings (SSSR count). The monoisotopic (exact) mass is 97.1 g/mol. The summed E-state index contributed by atoms with van der Waals surface area (Å²) in [6.45, 7) is 6.77. The Labute approximate surface area is 44.6 Å². The molecule has 0 saturated carbocycles. The summed E-state index contributed by atoms with van der Waals surface area (Å²) in [6, 6.07) is 0. The number of nitrogens with zero attached hydrogens (tertiary/aromatic N) is 1. The Bertz CT molecular complexity index is 90.4. The lowest BCUT2D eigenvalue weighted by Gasteiger charge is -1.96. The van der Waals surface area contributed by atoms with E-state index in [0.29, 0.717) is 0 Å². The van der Waals surface area contributed by atoms with Crippen LogP contribution in [-0.4, -0.2) is 18.0 Å². The third kappa shape index (κ3) is 0.952. The van der Waals surface area contributed by atoms with E-state index in [1.165, 1.54) is 18.8 Å². The quantitative estimate of drug-likeness (QED) is 0.445. The van der Waals surface area contributed by atoms with E-state index in [1.54, 1.807) is 0 Å². The standard InChI is InChI=1S/C6H11N/c1-3-6(2)7-4-5-7/h3H,4-5H2,1-2H3. The van der Waals surface area contributed by atoms with Gasteiger partial charge >= 0.3 is 0 Å². The molecule has 0 atom stereocenters. The molecule has 1 nitrogen and oxygen atoms in total. The van der Waals surface area contributed by atoms with Crippen molar-refractivity contribution in [3.05, 3.63) is 11.8 Å². The van der Waals surface area contributed by atoms with Gasteiger partial charge in [0, 0.05) is 18.8 Å². The summed E-state index contributed by atoms with van der Waals surface area (Å²) in [5, 5.41) is 0. The molecule has 0 spiro atoms. The molecule has 40 valence electrons. The molecule has 0 N–H and O–H groups in total. The van der Waals surface area contributed by atoms with Gasteiger partial charge in [-0.3, -0.25) is 0 Å². The van der Waals surface area contributed by atoms with E-state index in [0.717, 1.165) is 0 Å². The summed E-state index contributed by atoms with van der Waals surface area (Å²) < 4.78 is 0. The minimum absolute atomic E-state index is 1.27. The van der Waals surface area contributed by atoms with Crippen LogP contribution >= 0.6 is 0 Å². The number of rotatable bonds is 1. The fourth-order valence-electron chi connectivity index (χ4n) is 0.585. The van der Waals surface area contributed by atoms with Gasteiger partial charge in [-0.15, -0.1) is 0 Å². The van der Waals surface area contributed by atoms with Crippen molar-refractivity contribution in [2.75, 3.05) is 13.1 Å². The van der Waals surface area contributed by atoms with Crippen molar-refractivity contribution < 1.29 is 0 Å². The van der Waals surface area contributed by atoms with Gasteiger partial charge in [-0.25, -0.2) is 0 Å². The Kier molecular flexibility index (Phi) is 1.05. The maximum absolute atomic E-state index is 2.33. The van der Waals surface area contributed by atoms with E-state index in [-0.39, 0.29) is 0 Å². The Morgan fingerprint density at radius 3 is 2.29 bits per heavy atom. The van der Waals surface area contributed by atoms with Crippen LogP contribution in [0.4, 0.5) is 0 Å². The zero-order valence-corrected chi connectivity index (χ0v) is 4.94. The van der Waals surface area contributed by atoms with Crippen LogP contribution < -0.4 is 0 Å². The highest BCUT2D eigenvalue weighted by Gasteiger charge is 2.15. The van der Waals surface area contributed by atoms with Crippen LogP contribution in [0.15, 0.2) is 11.8 Å². The largest absolute Gasteiger partial charge is 0.372 e. The van der Waals surface area contributed by atoms with Gasteiger partial charge in [-0.05, 0) is 13.8 Å². The summed E-state index contributed by atoms with van der Waals surface area (Å²) in [7, 11) is 0. The Balaban J connectivity index is 2.37. The third-order valence-corrected chi connectivity index (χ3v) is 1.36. The first-order valence-electron chi connectivity index (χ1n) is 2.72. The Morgan fingerprint density at radius 2 is 2.14 bits per heavy atom. The van der Waals surface area contributed by atoms with Crippen molar-refractivity contribution in [2.45, 2.75) is 13.8 Å². The van der Waals surface area contributed by atoms with Gasteiger partial charge < -0.3 is 4.90 Å². The van der Waals surface area contributed by atoms with Crippen molar-refractivity contribution in [1.82, 2.24) is 4.90 Å². The predicted octanol–water partition coefficient (Wildman–Crippen LogP) is 1.23. The van der Waals surface area contributed by atoms with Crippen LogP contribution in [-0.2, 0) is 0 Å². The molecular formula is C6H11N. The third-order valence-electron chi connectivity index (χ3n) is 1.36. The van der Waals surface area contributed by atoms with Gasteiger partial charge in [0.25, 0.3) is 0 Å². The van der Waals surface area contributed by atoms with E-state index in [9.17, 15) is 0 Å². The maximum atomic E-state index is 2.33. The van der Waals surface area contributed by atoms with Gasteiger partial charge in [-0.2, -0.15) is 0 Å². The topological polar surface area (TPSA) is 3.01 Å². The lowest BCUT2D eigenvalue weighted by Crippen LogP contribution is -1.88. The van der Waals surface area contributed by atoms with Gasteiger partial charge in [0.1, 0.15) is 0 Å². The summed E-state index contributed by atoms with van der Waals surface area (Å²) >= 11 is 0. The second-order valence-corrected chi connectivity index (χ2v) is 1.92. The molecule has 0 aromatic heterocycles.